The zero-order valence-corrected chi connectivity index (χ0v) is 9.28. The lowest BCUT2D eigenvalue weighted by atomic mass is 10.3. The van der Waals surface area contributed by atoms with Crippen molar-refractivity contribution in [3.8, 4) is 0 Å². The molecule has 6 heteroatoms. The highest BCUT2D eigenvalue weighted by Gasteiger charge is 2.13. The Labute approximate surface area is 97.4 Å². The van der Waals surface area contributed by atoms with Gasteiger partial charge in [-0.05, 0) is 25.1 Å². The highest BCUT2D eigenvalue weighted by Crippen LogP contribution is 2.14. The molecule has 0 aliphatic heterocycles. The van der Waals surface area contributed by atoms with Gasteiger partial charge in [0.15, 0.2) is 0 Å². The molecule has 1 aromatic carbocycles. The molecular formula is C10H11ClN2O3. The number of aliphatic carboxylic acids is 1. The van der Waals surface area contributed by atoms with Gasteiger partial charge in [-0.25, -0.2) is 4.79 Å². The Morgan fingerprint density at radius 1 is 1.44 bits per heavy atom. The van der Waals surface area contributed by atoms with Gasteiger partial charge >= 0.3 is 12.0 Å². The highest BCUT2D eigenvalue weighted by atomic mass is 35.5. The molecule has 0 aliphatic carbocycles. The first kappa shape index (κ1) is 12.3. The smallest absolute Gasteiger partial charge is 0.325 e. The maximum atomic E-state index is 11.3. The van der Waals surface area contributed by atoms with Crippen molar-refractivity contribution >= 4 is 29.3 Å². The SMILES string of the molecule is C[C@H](NC(=O)Nc1cccc(Cl)c1)C(=O)O. The van der Waals surface area contributed by atoms with Crippen molar-refractivity contribution < 1.29 is 14.7 Å². The minimum absolute atomic E-state index is 0.490. The van der Waals surface area contributed by atoms with Gasteiger partial charge in [0.1, 0.15) is 6.04 Å². The second-order valence-electron chi connectivity index (χ2n) is 3.17. The summed E-state index contributed by atoms with van der Waals surface area (Å²) in [7, 11) is 0. The first-order chi connectivity index (χ1) is 7.49. The van der Waals surface area contributed by atoms with Crippen molar-refractivity contribution in [2.24, 2.45) is 0 Å². The number of rotatable bonds is 3. The van der Waals surface area contributed by atoms with E-state index in [4.69, 9.17) is 16.7 Å². The predicted molar refractivity (Wildman–Crippen MR) is 60.7 cm³/mol. The number of carboxylic acid groups (broad SMARTS) is 1. The Bertz CT molecular complexity index is 409. The Kier molecular flexibility index (Phi) is 4.13. The van der Waals surface area contributed by atoms with Crippen LogP contribution in [0.4, 0.5) is 10.5 Å². The quantitative estimate of drug-likeness (QED) is 0.758. The molecule has 0 spiro atoms. The van der Waals surface area contributed by atoms with Crippen molar-refractivity contribution in [2.45, 2.75) is 13.0 Å². The van der Waals surface area contributed by atoms with Gasteiger partial charge in [-0.1, -0.05) is 17.7 Å². The molecular weight excluding hydrogens is 232 g/mol. The molecule has 1 aromatic rings. The summed E-state index contributed by atoms with van der Waals surface area (Å²) in [6.07, 6.45) is 0. The van der Waals surface area contributed by atoms with E-state index in [9.17, 15) is 9.59 Å². The topological polar surface area (TPSA) is 78.4 Å². The second kappa shape index (κ2) is 5.37. The summed E-state index contributed by atoms with van der Waals surface area (Å²) in [6.45, 7) is 1.37. The van der Waals surface area contributed by atoms with Crippen LogP contribution >= 0.6 is 11.6 Å². The molecule has 0 unspecified atom stereocenters. The van der Waals surface area contributed by atoms with Crippen molar-refractivity contribution in [1.82, 2.24) is 5.32 Å². The molecule has 5 nitrogen and oxygen atoms in total. The molecule has 86 valence electrons. The van der Waals surface area contributed by atoms with E-state index in [2.05, 4.69) is 10.6 Å². The number of amides is 2. The first-order valence-corrected chi connectivity index (χ1v) is 4.92. The number of urea groups is 1. The standard InChI is InChI=1S/C10H11ClN2O3/c1-6(9(14)15)12-10(16)13-8-4-2-3-7(11)5-8/h2-6H,1H3,(H,14,15)(H2,12,13,16)/t6-/m0/s1. The Hall–Kier alpha value is -1.75. The van der Waals surface area contributed by atoms with E-state index >= 15 is 0 Å². The number of halogens is 1. The van der Waals surface area contributed by atoms with Crippen molar-refractivity contribution in [3.63, 3.8) is 0 Å². The van der Waals surface area contributed by atoms with Crippen LogP contribution in [0.5, 0.6) is 0 Å². The molecule has 0 saturated carbocycles. The minimum Gasteiger partial charge on any atom is -0.480 e. The van der Waals surface area contributed by atoms with Crippen LogP contribution in [0.15, 0.2) is 24.3 Å². The van der Waals surface area contributed by atoms with Gasteiger partial charge in [0.05, 0.1) is 0 Å². The number of carbonyl (C=O) groups excluding carboxylic acids is 1. The molecule has 0 saturated heterocycles. The lowest BCUT2D eigenvalue weighted by Gasteiger charge is -2.10. The first-order valence-electron chi connectivity index (χ1n) is 4.55. The maximum Gasteiger partial charge on any atom is 0.325 e. The molecule has 0 fully saturated rings. The number of nitrogens with one attached hydrogen (secondary N) is 2. The number of benzene rings is 1. The summed E-state index contributed by atoms with van der Waals surface area (Å²) >= 11 is 5.72. The average molecular weight is 243 g/mol. The van der Waals surface area contributed by atoms with E-state index in [0.717, 1.165) is 0 Å². The van der Waals surface area contributed by atoms with E-state index in [-0.39, 0.29) is 0 Å². The van der Waals surface area contributed by atoms with E-state index in [1.54, 1.807) is 24.3 Å². The molecule has 16 heavy (non-hydrogen) atoms. The Balaban J connectivity index is 2.55. The van der Waals surface area contributed by atoms with E-state index in [1.807, 2.05) is 0 Å². The molecule has 2 amide bonds. The molecule has 3 N–H and O–H groups in total. The highest BCUT2D eigenvalue weighted by molar-refractivity contribution is 6.30. The summed E-state index contributed by atoms with van der Waals surface area (Å²) in [6, 6.07) is 5.03. The van der Waals surface area contributed by atoms with Gasteiger partial charge in [-0.2, -0.15) is 0 Å². The lowest BCUT2D eigenvalue weighted by molar-refractivity contribution is -0.138. The Morgan fingerprint density at radius 3 is 2.69 bits per heavy atom. The van der Waals surface area contributed by atoms with Gasteiger partial charge in [0.2, 0.25) is 0 Å². The molecule has 0 radical (unpaired) electrons. The third-order valence-corrected chi connectivity index (χ3v) is 2.04. The second-order valence-corrected chi connectivity index (χ2v) is 3.61. The van der Waals surface area contributed by atoms with Crippen LogP contribution in [-0.4, -0.2) is 23.1 Å². The average Bonchev–Trinajstić information content (AvgIpc) is 2.16. The van der Waals surface area contributed by atoms with Gasteiger partial charge in [-0.3, -0.25) is 4.79 Å². The van der Waals surface area contributed by atoms with Crippen LogP contribution < -0.4 is 10.6 Å². The summed E-state index contributed by atoms with van der Waals surface area (Å²) in [5.41, 5.74) is 0.502. The number of carboxylic acids is 1. The summed E-state index contributed by atoms with van der Waals surface area (Å²) in [5.74, 6) is -1.10. The third kappa shape index (κ3) is 3.78. The van der Waals surface area contributed by atoms with Gasteiger partial charge in [-0.15, -0.1) is 0 Å². The molecule has 0 aromatic heterocycles. The normalized spacial score (nSPS) is 11.6. The third-order valence-electron chi connectivity index (χ3n) is 1.80. The minimum atomic E-state index is -1.10. The fourth-order valence-electron chi connectivity index (χ4n) is 0.992. The fourth-order valence-corrected chi connectivity index (χ4v) is 1.18. The number of hydrogen-bond acceptors (Lipinski definition) is 2. The molecule has 1 atom stereocenters. The van der Waals surface area contributed by atoms with Gasteiger partial charge in [0, 0.05) is 10.7 Å². The monoisotopic (exact) mass is 242 g/mol. The van der Waals surface area contributed by atoms with E-state index < -0.39 is 18.0 Å². The predicted octanol–water partition coefficient (Wildman–Crippen LogP) is 1.93. The summed E-state index contributed by atoms with van der Waals surface area (Å²) in [5, 5.41) is 13.8. The molecule has 0 bridgehead atoms. The lowest BCUT2D eigenvalue weighted by Crippen LogP contribution is -2.40. The Morgan fingerprint density at radius 2 is 2.12 bits per heavy atom. The zero-order chi connectivity index (χ0) is 12.1. The van der Waals surface area contributed by atoms with Gasteiger partial charge in [0.25, 0.3) is 0 Å². The van der Waals surface area contributed by atoms with Crippen LogP contribution in [0.2, 0.25) is 5.02 Å². The van der Waals surface area contributed by atoms with E-state index in [0.29, 0.717) is 10.7 Å². The van der Waals surface area contributed by atoms with Crippen LogP contribution in [-0.2, 0) is 4.79 Å². The number of carbonyl (C=O) groups is 2. The van der Waals surface area contributed by atoms with E-state index in [1.165, 1.54) is 6.92 Å². The van der Waals surface area contributed by atoms with Crippen molar-refractivity contribution in [1.29, 1.82) is 0 Å². The molecule has 1 rings (SSSR count). The molecule has 0 aliphatic rings. The number of hydrogen-bond donors (Lipinski definition) is 3. The summed E-state index contributed by atoms with van der Waals surface area (Å²) in [4.78, 5) is 21.8. The van der Waals surface area contributed by atoms with Crippen LogP contribution in [0.3, 0.4) is 0 Å². The van der Waals surface area contributed by atoms with Crippen LogP contribution in [0, 0.1) is 0 Å². The van der Waals surface area contributed by atoms with Crippen molar-refractivity contribution in [2.75, 3.05) is 5.32 Å². The maximum absolute atomic E-state index is 11.3. The van der Waals surface area contributed by atoms with Crippen molar-refractivity contribution in [3.05, 3.63) is 29.3 Å². The largest absolute Gasteiger partial charge is 0.480 e. The number of anilines is 1. The van der Waals surface area contributed by atoms with Crippen LogP contribution in [0.1, 0.15) is 6.92 Å². The zero-order valence-electron chi connectivity index (χ0n) is 8.53. The molecule has 0 heterocycles. The van der Waals surface area contributed by atoms with Crippen LogP contribution in [0.25, 0.3) is 0 Å². The van der Waals surface area contributed by atoms with Gasteiger partial charge < -0.3 is 15.7 Å². The summed E-state index contributed by atoms with van der Waals surface area (Å²) < 4.78 is 0. The fraction of sp³-hybridized carbons (Fsp3) is 0.200.